The van der Waals surface area contributed by atoms with E-state index in [1.54, 1.807) is 20.2 Å². The van der Waals surface area contributed by atoms with Gasteiger partial charge in [-0.15, -0.1) is 10.2 Å². The zero-order valence-electron chi connectivity index (χ0n) is 16.1. The Kier molecular flexibility index (Phi) is 6.40. The largest absolute Gasteiger partial charge is 0.360 e. The van der Waals surface area contributed by atoms with E-state index in [4.69, 9.17) is 4.52 Å². The van der Waals surface area contributed by atoms with Gasteiger partial charge in [-0.05, 0) is 26.7 Å². The average Bonchev–Trinajstić information content (AvgIpc) is 3.23. The van der Waals surface area contributed by atoms with Crippen molar-refractivity contribution in [3.05, 3.63) is 17.8 Å². The number of carbonyl (C=O) groups is 1. The van der Waals surface area contributed by atoms with Gasteiger partial charge in [0.25, 0.3) is 0 Å². The van der Waals surface area contributed by atoms with E-state index in [9.17, 15) is 13.2 Å². The van der Waals surface area contributed by atoms with E-state index in [-0.39, 0.29) is 22.5 Å². The summed E-state index contributed by atoms with van der Waals surface area (Å²) < 4.78 is 33.9. The second-order valence-electron chi connectivity index (χ2n) is 6.70. The number of rotatable bonds is 7. The van der Waals surface area contributed by atoms with Crippen molar-refractivity contribution < 1.29 is 17.7 Å². The Morgan fingerprint density at radius 3 is 2.64 bits per heavy atom. The molecule has 0 saturated carbocycles. The van der Waals surface area contributed by atoms with Crippen LogP contribution in [0.25, 0.3) is 0 Å². The van der Waals surface area contributed by atoms with Gasteiger partial charge in [0.15, 0.2) is 10.9 Å². The van der Waals surface area contributed by atoms with Crippen molar-refractivity contribution in [3.8, 4) is 0 Å². The fourth-order valence-electron chi connectivity index (χ4n) is 3.19. The van der Waals surface area contributed by atoms with Crippen molar-refractivity contribution in [1.82, 2.24) is 29.5 Å². The molecular formula is C16H24N6O4S2. The molecule has 0 atom stereocenters. The summed E-state index contributed by atoms with van der Waals surface area (Å²) in [6, 6.07) is 0. The number of amides is 1. The summed E-state index contributed by atoms with van der Waals surface area (Å²) in [5.74, 6) is 0.763. The maximum absolute atomic E-state index is 12.8. The Morgan fingerprint density at radius 1 is 1.36 bits per heavy atom. The van der Waals surface area contributed by atoms with E-state index < -0.39 is 10.0 Å². The number of aromatic nitrogens is 4. The fourth-order valence-corrected chi connectivity index (χ4v) is 5.70. The van der Waals surface area contributed by atoms with Crippen LogP contribution in [0, 0.1) is 19.8 Å². The molecule has 1 saturated heterocycles. The van der Waals surface area contributed by atoms with Crippen molar-refractivity contribution in [1.29, 1.82) is 0 Å². The molecule has 10 nitrogen and oxygen atoms in total. The maximum Gasteiger partial charge on any atom is 0.248 e. The molecule has 1 amide bonds. The van der Waals surface area contributed by atoms with E-state index in [1.165, 1.54) is 16.1 Å². The molecule has 0 aromatic carbocycles. The van der Waals surface area contributed by atoms with Crippen molar-refractivity contribution >= 4 is 27.7 Å². The third-order valence-electron chi connectivity index (χ3n) is 4.69. The zero-order chi connectivity index (χ0) is 20.3. The van der Waals surface area contributed by atoms with Crippen LogP contribution in [-0.2, 0) is 21.9 Å². The highest BCUT2D eigenvalue weighted by atomic mass is 32.2. The molecule has 2 aromatic rings. The number of hydrogen-bond donors (Lipinski definition) is 1. The van der Waals surface area contributed by atoms with Crippen LogP contribution in [0.3, 0.4) is 0 Å². The third kappa shape index (κ3) is 4.39. The van der Waals surface area contributed by atoms with Gasteiger partial charge in [-0.2, -0.15) is 4.31 Å². The van der Waals surface area contributed by atoms with Gasteiger partial charge in [0, 0.05) is 38.4 Å². The van der Waals surface area contributed by atoms with E-state index in [0.29, 0.717) is 43.9 Å². The second-order valence-corrected chi connectivity index (χ2v) is 9.63. The van der Waals surface area contributed by atoms with Gasteiger partial charge in [0.2, 0.25) is 15.9 Å². The summed E-state index contributed by atoms with van der Waals surface area (Å²) in [6.45, 7) is 4.33. The molecule has 3 rings (SSSR count). The molecule has 0 spiro atoms. The minimum atomic E-state index is -3.65. The van der Waals surface area contributed by atoms with Gasteiger partial charge in [-0.3, -0.25) is 4.79 Å². The number of aryl methyl sites for hydroxylation is 3. The Bertz CT molecular complexity index is 911. The van der Waals surface area contributed by atoms with Gasteiger partial charge in [0.1, 0.15) is 16.9 Å². The molecule has 2 aromatic heterocycles. The number of nitrogens with zero attached hydrogens (tertiary/aromatic N) is 5. The van der Waals surface area contributed by atoms with Crippen molar-refractivity contribution in [2.45, 2.75) is 36.7 Å². The van der Waals surface area contributed by atoms with E-state index in [1.807, 2.05) is 11.6 Å². The molecule has 1 fully saturated rings. The predicted molar refractivity (Wildman–Crippen MR) is 102 cm³/mol. The molecule has 1 aliphatic rings. The lowest BCUT2D eigenvalue weighted by Gasteiger charge is -2.30. The lowest BCUT2D eigenvalue weighted by Crippen LogP contribution is -2.43. The minimum Gasteiger partial charge on any atom is -0.360 e. The molecule has 1 aliphatic heterocycles. The minimum absolute atomic E-state index is 0.0343. The van der Waals surface area contributed by atoms with Gasteiger partial charge < -0.3 is 14.4 Å². The van der Waals surface area contributed by atoms with Crippen LogP contribution in [0.4, 0.5) is 0 Å². The lowest BCUT2D eigenvalue weighted by molar-refractivity contribution is -0.125. The number of thioether (sulfide) groups is 1. The summed E-state index contributed by atoms with van der Waals surface area (Å²) in [4.78, 5) is 12.5. The molecule has 0 unspecified atom stereocenters. The molecule has 0 bridgehead atoms. The molecular weight excluding hydrogens is 404 g/mol. The molecule has 0 aliphatic carbocycles. The summed E-state index contributed by atoms with van der Waals surface area (Å²) >= 11 is 1.52. The molecule has 3 heterocycles. The van der Waals surface area contributed by atoms with E-state index >= 15 is 0 Å². The molecule has 28 heavy (non-hydrogen) atoms. The highest BCUT2D eigenvalue weighted by Gasteiger charge is 2.35. The van der Waals surface area contributed by atoms with Crippen molar-refractivity contribution in [3.63, 3.8) is 0 Å². The second kappa shape index (κ2) is 8.62. The Balaban J connectivity index is 1.47. The van der Waals surface area contributed by atoms with Gasteiger partial charge in [0.05, 0.1) is 0 Å². The summed E-state index contributed by atoms with van der Waals surface area (Å²) in [7, 11) is -1.79. The number of nitrogens with one attached hydrogen (secondary N) is 1. The first kappa shape index (κ1) is 20.8. The molecule has 154 valence electrons. The Morgan fingerprint density at radius 2 is 2.07 bits per heavy atom. The average molecular weight is 429 g/mol. The smallest absolute Gasteiger partial charge is 0.248 e. The molecule has 12 heteroatoms. The van der Waals surface area contributed by atoms with E-state index in [2.05, 4.69) is 20.7 Å². The number of sulfonamides is 1. The summed E-state index contributed by atoms with van der Waals surface area (Å²) in [6.07, 6.45) is 2.61. The van der Waals surface area contributed by atoms with E-state index in [0.717, 1.165) is 5.16 Å². The third-order valence-corrected chi connectivity index (χ3v) is 7.87. The highest BCUT2D eigenvalue weighted by Crippen LogP contribution is 2.27. The number of piperidine rings is 1. The molecule has 1 N–H and O–H groups in total. The highest BCUT2D eigenvalue weighted by molar-refractivity contribution is 7.99. The quantitative estimate of drug-likeness (QED) is 0.506. The number of carbonyl (C=O) groups excluding carboxylic acids is 1. The van der Waals surface area contributed by atoms with Crippen LogP contribution in [0.1, 0.15) is 24.3 Å². The van der Waals surface area contributed by atoms with Crippen molar-refractivity contribution in [2.75, 3.05) is 25.4 Å². The first-order valence-corrected chi connectivity index (χ1v) is 11.4. The standard InChI is InChI=1S/C16H24N6O4S2/c1-11-14(12(2)26-20-11)28(24,25)22-7-4-13(5-8-22)15(23)17-6-9-27-16-19-18-10-21(16)3/h10,13H,4-9H2,1-3H3,(H,17,23). The summed E-state index contributed by atoms with van der Waals surface area (Å²) in [5.41, 5.74) is 0.359. The van der Waals surface area contributed by atoms with Crippen LogP contribution < -0.4 is 5.32 Å². The first-order valence-electron chi connectivity index (χ1n) is 8.98. The van der Waals surface area contributed by atoms with Crippen LogP contribution in [0.15, 0.2) is 20.9 Å². The first-order chi connectivity index (χ1) is 13.3. The topological polar surface area (TPSA) is 123 Å². The lowest BCUT2D eigenvalue weighted by atomic mass is 9.97. The number of hydrogen-bond acceptors (Lipinski definition) is 8. The van der Waals surface area contributed by atoms with Crippen LogP contribution in [-0.4, -0.2) is 63.9 Å². The normalized spacial score (nSPS) is 16.4. The Hall–Kier alpha value is -1.92. The predicted octanol–water partition coefficient (Wildman–Crippen LogP) is 0.729. The molecule has 0 radical (unpaired) electrons. The maximum atomic E-state index is 12.8. The summed E-state index contributed by atoms with van der Waals surface area (Å²) in [5, 5.41) is 15.2. The van der Waals surface area contributed by atoms with Crippen molar-refractivity contribution in [2.24, 2.45) is 13.0 Å². The SMILES string of the molecule is Cc1noc(C)c1S(=O)(=O)N1CCC(C(=O)NCCSc2nncn2C)CC1. The fraction of sp³-hybridized carbons (Fsp3) is 0.625. The van der Waals surface area contributed by atoms with Crippen LogP contribution in [0.2, 0.25) is 0 Å². The van der Waals surface area contributed by atoms with Crippen LogP contribution in [0.5, 0.6) is 0 Å². The van der Waals surface area contributed by atoms with Gasteiger partial charge >= 0.3 is 0 Å². The van der Waals surface area contributed by atoms with Gasteiger partial charge in [-0.1, -0.05) is 16.9 Å². The zero-order valence-corrected chi connectivity index (χ0v) is 17.7. The van der Waals surface area contributed by atoms with Gasteiger partial charge in [-0.25, -0.2) is 8.42 Å². The Labute approximate surface area is 168 Å². The monoisotopic (exact) mass is 428 g/mol. The van der Waals surface area contributed by atoms with Crippen LogP contribution >= 0.6 is 11.8 Å².